The van der Waals surface area contributed by atoms with E-state index in [-0.39, 0.29) is 0 Å². The third-order valence-corrected chi connectivity index (χ3v) is 2.26. The van der Waals surface area contributed by atoms with E-state index in [1.54, 1.807) is 12.1 Å². The Morgan fingerprint density at radius 1 is 1.60 bits per heavy atom. The van der Waals surface area contributed by atoms with Crippen molar-refractivity contribution in [3.8, 4) is 11.5 Å². The molecule has 2 rings (SSSR count). The number of nitro groups is 1. The van der Waals surface area contributed by atoms with Crippen molar-refractivity contribution in [2.24, 2.45) is 0 Å². The van der Waals surface area contributed by atoms with Gasteiger partial charge in [-0.1, -0.05) is 0 Å². The monoisotopic (exact) mass is 211 g/mol. The van der Waals surface area contributed by atoms with Crippen LogP contribution >= 0.6 is 0 Å². The van der Waals surface area contributed by atoms with Gasteiger partial charge in [0.2, 0.25) is 0 Å². The van der Waals surface area contributed by atoms with Crippen LogP contribution in [0.3, 0.4) is 0 Å². The Labute approximate surface area is 85.2 Å². The molecule has 15 heavy (non-hydrogen) atoms. The fourth-order valence-electron chi connectivity index (χ4n) is 1.50. The van der Waals surface area contributed by atoms with Crippen molar-refractivity contribution in [3.63, 3.8) is 0 Å². The van der Waals surface area contributed by atoms with E-state index in [4.69, 9.17) is 9.47 Å². The number of aliphatic hydroxyl groups is 1. The maximum atomic E-state index is 10.5. The molecule has 80 valence electrons. The molecule has 6 heteroatoms. The van der Waals surface area contributed by atoms with Crippen LogP contribution in [0, 0.1) is 10.1 Å². The Morgan fingerprint density at radius 3 is 2.93 bits per heavy atom. The lowest BCUT2D eigenvalue weighted by Gasteiger charge is -2.04. The molecule has 0 aromatic heterocycles. The summed E-state index contributed by atoms with van der Waals surface area (Å²) in [5.74, 6) is 0.852. The second-order valence-corrected chi connectivity index (χ2v) is 3.14. The van der Waals surface area contributed by atoms with Gasteiger partial charge in [-0.25, -0.2) is 0 Å². The molecule has 0 spiro atoms. The summed E-state index contributed by atoms with van der Waals surface area (Å²) in [6, 6.07) is 4.69. The van der Waals surface area contributed by atoms with Crippen LogP contribution in [0.15, 0.2) is 18.2 Å². The number of methoxy groups -OCH3 is 1. The maximum Gasteiger partial charge on any atom is 0.384 e. The molecule has 1 aromatic carbocycles. The zero-order valence-corrected chi connectivity index (χ0v) is 7.91. The first kappa shape index (κ1) is 9.72. The highest BCUT2D eigenvalue weighted by Crippen LogP contribution is 2.38. The molecule has 1 heterocycles. The fraction of sp³-hybridized carbons (Fsp3) is 0.333. The highest BCUT2D eigenvalue weighted by atomic mass is 16.7. The quantitative estimate of drug-likeness (QED) is 0.575. The molecule has 0 amide bonds. The van der Waals surface area contributed by atoms with Crippen LogP contribution in [0.5, 0.6) is 11.5 Å². The molecule has 1 N–H and O–H groups in total. The molecular formula is C9H9NO5. The van der Waals surface area contributed by atoms with E-state index in [0.29, 0.717) is 17.1 Å². The minimum Gasteiger partial charge on any atom is -0.497 e. The van der Waals surface area contributed by atoms with Gasteiger partial charge in [0.1, 0.15) is 11.5 Å². The lowest BCUT2D eigenvalue weighted by Crippen LogP contribution is -2.27. The Hall–Kier alpha value is -1.82. The normalized spacial score (nSPS) is 23.1. The maximum absolute atomic E-state index is 10.5. The predicted octanol–water partition coefficient (Wildman–Crippen LogP) is 0.724. The molecule has 0 radical (unpaired) electrons. The van der Waals surface area contributed by atoms with Gasteiger partial charge in [0, 0.05) is 5.56 Å². The average molecular weight is 211 g/mol. The van der Waals surface area contributed by atoms with E-state index in [2.05, 4.69) is 0 Å². The van der Waals surface area contributed by atoms with Crippen LogP contribution in [0.1, 0.15) is 11.7 Å². The topological polar surface area (TPSA) is 81.8 Å². The van der Waals surface area contributed by atoms with Gasteiger partial charge in [0.25, 0.3) is 0 Å². The summed E-state index contributed by atoms with van der Waals surface area (Å²) in [6.45, 7) is 0. The molecule has 1 aliphatic rings. The van der Waals surface area contributed by atoms with Crippen LogP contribution in [0.25, 0.3) is 0 Å². The van der Waals surface area contributed by atoms with Crippen LogP contribution in [-0.4, -0.2) is 23.4 Å². The Balaban J connectivity index is 2.37. The molecule has 0 saturated heterocycles. The molecular weight excluding hydrogens is 202 g/mol. The van der Waals surface area contributed by atoms with Crippen LogP contribution in [0.4, 0.5) is 0 Å². The van der Waals surface area contributed by atoms with E-state index in [0.717, 1.165) is 0 Å². The van der Waals surface area contributed by atoms with Gasteiger partial charge in [0.05, 0.1) is 12.0 Å². The van der Waals surface area contributed by atoms with Crippen LogP contribution in [-0.2, 0) is 0 Å². The van der Waals surface area contributed by atoms with Gasteiger partial charge in [-0.15, -0.1) is 0 Å². The Kier molecular flexibility index (Phi) is 2.20. The molecule has 0 aliphatic carbocycles. The van der Waals surface area contributed by atoms with E-state index in [1.165, 1.54) is 13.2 Å². The number of benzene rings is 1. The van der Waals surface area contributed by atoms with Crippen molar-refractivity contribution < 1.29 is 19.5 Å². The number of nitrogens with zero attached hydrogens (tertiary/aromatic N) is 1. The molecule has 1 aliphatic heterocycles. The van der Waals surface area contributed by atoms with Gasteiger partial charge >= 0.3 is 6.23 Å². The van der Waals surface area contributed by atoms with Crippen molar-refractivity contribution in [2.45, 2.75) is 12.3 Å². The number of aliphatic hydroxyl groups excluding tert-OH is 1. The standard InChI is InChI=1S/C9H9NO5/c1-14-5-2-3-7-6(4-5)8(11)9(15-7)10(12)13/h2-4,8-9,11H,1H3/t8-,9+/m1/s1. The second kappa shape index (κ2) is 3.39. The van der Waals surface area contributed by atoms with E-state index in [1.807, 2.05) is 0 Å². The predicted molar refractivity (Wildman–Crippen MR) is 49.4 cm³/mol. The van der Waals surface area contributed by atoms with Crippen molar-refractivity contribution in [1.82, 2.24) is 0 Å². The van der Waals surface area contributed by atoms with E-state index < -0.39 is 17.3 Å². The number of hydrogen-bond donors (Lipinski definition) is 1. The molecule has 2 atom stereocenters. The van der Waals surface area contributed by atoms with Crippen molar-refractivity contribution >= 4 is 0 Å². The minimum absolute atomic E-state index is 0.324. The van der Waals surface area contributed by atoms with Crippen LogP contribution < -0.4 is 9.47 Å². The summed E-state index contributed by atoms with van der Waals surface area (Å²) in [5.41, 5.74) is 0.385. The van der Waals surface area contributed by atoms with Gasteiger partial charge < -0.3 is 14.6 Å². The fourth-order valence-corrected chi connectivity index (χ4v) is 1.50. The number of fused-ring (bicyclic) bond motifs is 1. The average Bonchev–Trinajstić information content (AvgIpc) is 2.56. The highest BCUT2D eigenvalue weighted by Gasteiger charge is 2.41. The first-order valence-electron chi connectivity index (χ1n) is 4.29. The van der Waals surface area contributed by atoms with Gasteiger partial charge in [-0.2, -0.15) is 0 Å². The van der Waals surface area contributed by atoms with Crippen molar-refractivity contribution in [2.75, 3.05) is 7.11 Å². The summed E-state index contributed by atoms with van der Waals surface area (Å²) < 4.78 is 9.92. The first-order valence-corrected chi connectivity index (χ1v) is 4.29. The molecule has 6 nitrogen and oxygen atoms in total. The van der Waals surface area contributed by atoms with Gasteiger partial charge in [0.15, 0.2) is 6.10 Å². The molecule has 0 fully saturated rings. The summed E-state index contributed by atoms with van der Waals surface area (Å²) >= 11 is 0. The molecule has 1 aromatic rings. The number of rotatable bonds is 2. The SMILES string of the molecule is COc1ccc2c(c1)[C@@H](O)[C@@H]([N+](=O)[O-])O2. The summed E-state index contributed by atoms with van der Waals surface area (Å²) in [6.07, 6.45) is -2.67. The summed E-state index contributed by atoms with van der Waals surface area (Å²) in [5, 5.41) is 20.1. The minimum atomic E-state index is -1.42. The summed E-state index contributed by atoms with van der Waals surface area (Å²) in [4.78, 5) is 9.87. The number of hydrogen-bond acceptors (Lipinski definition) is 5. The largest absolute Gasteiger partial charge is 0.497 e. The van der Waals surface area contributed by atoms with E-state index >= 15 is 0 Å². The third-order valence-electron chi connectivity index (χ3n) is 2.26. The third kappa shape index (κ3) is 1.48. The Morgan fingerprint density at radius 2 is 2.33 bits per heavy atom. The van der Waals surface area contributed by atoms with Gasteiger partial charge in [-0.05, 0) is 18.2 Å². The lowest BCUT2D eigenvalue weighted by molar-refractivity contribution is -0.572. The molecule has 0 unspecified atom stereocenters. The van der Waals surface area contributed by atoms with Crippen LogP contribution in [0.2, 0.25) is 0 Å². The highest BCUT2D eigenvalue weighted by molar-refractivity contribution is 5.44. The zero-order valence-electron chi connectivity index (χ0n) is 7.91. The van der Waals surface area contributed by atoms with Crippen molar-refractivity contribution in [3.05, 3.63) is 33.9 Å². The molecule has 0 bridgehead atoms. The second-order valence-electron chi connectivity index (χ2n) is 3.14. The van der Waals surface area contributed by atoms with E-state index in [9.17, 15) is 15.2 Å². The van der Waals surface area contributed by atoms with Gasteiger partial charge in [-0.3, -0.25) is 10.1 Å². The van der Waals surface area contributed by atoms with Crippen molar-refractivity contribution in [1.29, 1.82) is 0 Å². The Bertz CT molecular complexity index is 405. The smallest absolute Gasteiger partial charge is 0.384 e. The first-order chi connectivity index (χ1) is 7.13. The number of ether oxygens (including phenoxy) is 2. The molecule has 0 saturated carbocycles. The lowest BCUT2D eigenvalue weighted by atomic mass is 10.1. The zero-order chi connectivity index (χ0) is 11.0. The summed E-state index contributed by atoms with van der Waals surface area (Å²) in [7, 11) is 1.48.